The second kappa shape index (κ2) is 3.56. The van der Waals surface area contributed by atoms with Crippen LogP contribution >= 0.6 is 0 Å². The van der Waals surface area contributed by atoms with Crippen molar-refractivity contribution in [2.75, 3.05) is 0 Å². The third kappa shape index (κ3) is 1.75. The van der Waals surface area contributed by atoms with E-state index in [1.807, 2.05) is 5.92 Å². The van der Waals surface area contributed by atoms with Gasteiger partial charge in [0.1, 0.15) is 0 Å². The molecule has 0 fully saturated rings. The molecular weight excluding hydrogens is 164 g/mol. The maximum absolute atomic E-state index is 9.42. The lowest BCUT2D eigenvalue weighted by atomic mass is 10.1. The van der Waals surface area contributed by atoms with Gasteiger partial charge in [-0.1, -0.05) is 12.1 Å². The fourth-order valence-electron chi connectivity index (χ4n) is 0.920. The predicted octanol–water partition coefficient (Wildman–Crippen LogP) is 2.01. The Hall–Kier alpha value is -2.06. The Labute approximate surface area is 77.2 Å². The van der Waals surface area contributed by atoms with Crippen LogP contribution in [0.3, 0.4) is 0 Å². The molecule has 0 saturated heterocycles. The first kappa shape index (κ1) is 9.03. The summed E-state index contributed by atoms with van der Waals surface area (Å²) in [6, 6.07) is 8.67. The molecule has 2 heteroatoms. The zero-order valence-corrected chi connectivity index (χ0v) is 7.13. The van der Waals surface area contributed by atoms with Gasteiger partial charge in [0.25, 0.3) is 0 Å². The van der Waals surface area contributed by atoms with Crippen molar-refractivity contribution in [3.05, 3.63) is 41.2 Å². The predicted molar refractivity (Wildman–Crippen MR) is 49.9 cm³/mol. The fourth-order valence-corrected chi connectivity index (χ4v) is 0.920. The van der Waals surface area contributed by atoms with E-state index in [-0.39, 0.29) is 5.76 Å². The van der Waals surface area contributed by atoms with E-state index in [4.69, 9.17) is 11.5 Å². The van der Waals surface area contributed by atoms with Gasteiger partial charge in [0.15, 0.2) is 5.76 Å². The van der Waals surface area contributed by atoms with Crippen molar-refractivity contribution < 1.29 is 10.2 Å². The molecular formula is C11H8O2. The molecule has 2 nitrogen and oxygen atoms in total. The van der Waals surface area contributed by atoms with Crippen molar-refractivity contribution in [2.24, 2.45) is 0 Å². The Bertz CT molecular complexity index is 383. The Morgan fingerprint density at radius 3 is 2.77 bits per heavy atom. The lowest BCUT2D eigenvalue weighted by Crippen LogP contribution is -1.90. The minimum absolute atomic E-state index is 0.301. The number of aliphatic hydroxyl groups excluding tert-OH is 2. The highest BCUT2D eigenvalue weighted by Crippen LogP contribution is 2.16. The summed E-state index contributed by atoms with van der Waals surface area (Å²) < 4.78 is 0. The molecule has 0 aliphatic rings. The summed E-state index contributed by atoms with van der Waals surface area (Å²) in [6.07, 6.45) is 4.92. The number of terminal acetylenes is 1. The molecule has 0 spiro atoms. The molecule has 0 aliphatic heterocycles. The Kier molecular flexibility index (Phi) is 2.47. The zero-order valence-electron chi connectivity index (χ0n) is 7.13. The number of rotatable bonds is 1. The van der Waals surface area contributed by atoms with Gasteiger partial charge in [-0.05, 0) is 25.0 Å². The van der Waals surface area contributed by atoms with Gasteiger partial charge < -0.3 is 10.2 Å². The fraction of sp³-hybridized carbons (Fsp3) is 0.0909. The van der Waals surface area contributed by atoms with Gasteiger partial charge in [-0.25, -0.2) is 0 Å². The molecule has 0 amide bonds. The summed E-state index contributed by atoms with van der Waals surface area (Å²) in [5.74, 6) is 1.18. The summed E-state index contributed by atoms with van der Waals surface area (Å²) in [7, 11) is 0. The molecule has 0 aliphatic carbocycles. The van der Waals surface area contributed by atoms with Gasteiger partial charge in [-0.2, -0.15) is 0 Å². The summed E-state index contributed by atoms with van der Waals surface area (Å²) in [5.41, 5.74) is 1.15. The molecule has 1 aromatic rings. The first-order valence-electron chi connectivity index (χ1n) is 3.65. The highest BCUT2D eigenvalue weighted by atomic mass is 16.3. The molecule has 0 saturated carbocycles. The van der Waals surface area contributed by atoms with Crippen LogP contribution in [0.25, 0.3) is 5.76 Å². The summed E-state index contributed by atoms with van der Waals surface area (Å²) in [5, 5.41) is 18.5. The Balaban J connectivity index is 3.26. The summed E-state index contributed by atoms with van der Waals surface area (Å²) >= 11 is 0. The Morgan fingerprint density at radius 1 is 1.54 bits per heavy atom. The van der Waals surface area contributed by atoms with Gasteiger partial charge in [0.2, 0.25) is 5.76 Å². The van der Waals surface area contributed by atoms with Crippen LogP contribution in [0.2, 0.25) is 0 Å². The lowest BCUT2D eigenvalue weighted by Gasteiger charge is -2.01. The van der Waals surface area contributed by atoms with Gasteiger partial charge in [0.05, 0.1) is 0 Å². The van der Waals surface area contributed by atoms with Crippen molar-refractivity contribution in [1.29, 1.82) is 0 Å². The quantitative estimate of drug-likeness (QED) is 0.502. The van der Waals surface area contributed by atoms with Crippen LogP contribution in [-0.4, -0.2) is 10.2 Å². The molecule has 64 valence electrons. The van der Waals surface area contributed by atoms with E-state index in [1.54, 1.807) is 19.1 Å². The van der Waals surface area contributed by atoms with E-state index in [9.17, 15) is 5.11 Å². The van der Waals surface area contributed by atoms with Crippen molar-refractivity contribution >= 4 is 5.76 Å². The number of allylic oxidation sites excluding steroid dienone is 1. The van der Waals surface area contributed by atoms with E-state index in [0.717, 1.165) is 0 Å². The highest BCUT2D eigenvalue weighted by molar-refractivity contribution is 5.65. The van der Waals surface area contributed by atoms with Crippen LogP contribution < -0.4 is 0 Å². The average Bonchev–Trinajstić information content (AvgIpc) is 2.16. The molecule has 13 heavy (non-hydrogen) atoms. The zero-order chi connectivity index (χ0) is 9.84. The maximum atomic E-state index is 9.42. The van der Waals surface area contributed by atoms with Crippen molar-refractivity contribution in [2.45, 2.75) is 6.92 Å². The monoisotopic (exact) mass is 172 g/mol. The van der Waals surface area contributed by atoms with E-state index in [1.165, 1.54) is 0 Å². The largest absolute Gasteiger partial charge is 0.503 e. The molecule has 0 heterocycles. The summed E-state index contributed by atoms with van der Waals surface area (Å²) in [4.78, 5) is 0. The molecule has 0 unspecified atom stereocenters. The van der Waals surface area contributed by atoms with Gasteiger partial charge >= 0.3 is 0 Å². The van der Waals surface area contributed by atoms with Crippen LogP contribution in [0.4, 0.5) is 0 Å². The van der Waals surface area contributed by atoms with Crippen LogP contribution in [0.1, 0.15) is 11.1 Å². The van der Waals surface area contributed by atoms with E-state index in [2.05, 4.69) is 12.1 Å². The van der Waals surface area contributed by atoms with Crippen LogP contribution in [0, 0.1) is 31.4 Å². The highest BCUT2D eigenvalue weighted by Gasteiger charge is 2.06. The van der Waals surface area contributed by atoms with E-state index in [0.29, 0.717) is 11.1 Å². The van der Waals surface area contributed by atoms with Crippen molar-refractivity contribution in [3.63, 3.8) is 0 Å². The Morgan fingerprint density at radius 2 is 2.23 bits per heavy atom. The third-order valence-corrected chi connectivity index (χ3v) is 1.61. The lowest BCUT2D eigenvalue weighted by molar-refractivity contribution is 0.403. The minimum atomic E-state index is -0.470. The minimum Gasteiger partial charge on any atom is -0.503 e. The topological polar surface area (TPSA) is 40.5 Å². The standard InChI is InChI=1S/C11H8O2/c1-3-10(12)11(13)9-7-5-4-6-8(9)2/h1,5,7,12-13H,2H3/b11-10-. The van der Waals surface area contributed by atoms with E-state index < -0.39 is 5.76 Å². The third-order valence-electron chi connectivity index (χ3n) is 1.61. The number of hydrogen-bond acceptors (Lipinski definition) is 2. The molecule has 0 bridgehead atoms. The number of hydrogen-bond donors (Lipinski definition) is 2. The molecule has 1 aromatic carbocycles. The van der Waals surface area contributed by atoms with Gasteiger partial charge in [-0.15, -0.1) is 6.42 Å². The van der Waals surface area contributed by atoms with Crippen molar-refractivity contribution in [3.8, 4) is 12.3 Å². The first-order valence-corrected chi connectivity index (χ1v) is 3.65. The number of aliphatic hydroxyl groups is 2. The maximum Gasteiger partial charge on any atom is 0.210 e. The SMILES string of the molecule is C#C/C(O)=C(/O)c1ccc#cc1C. The second-order valence-corrected chi connectivity index (χ2v) is 2.48. The second-order valence-electron chi connectivity index (χ2n) is 2.48. The molecule has 2 N–H and O–H groups in total. The van der Waals surface area contributed by atoms with Gasteiger partial charge in [-0.3, -0.25) is 0 Å². The normalized spacial score (nSPS) is 11.1. The molecule has 0 atom stereocenters. The van der Waals surface area contributed by atoms with Crippen LogP contribution in [0.5, 0.6) is 0 Å². The van der Waals surface area contributed by atoms with E-state index >= 15 is 0 Å². The van der Waals surface area contributed by atoms with Gasteiger partial charge in [0, 0.05) is 11.1 Å². The van der Waals surface area contributed by atoms with Crippen LogP contribution in [-0.2, 0) is 0 Å². The molecule has 1 rings (SSSR count). The average molecular weight is 172 g/mol. The van der Waals surface area contributed by atoms with Crippen LogP contribution in [0.15, 0.2) is 17.9 Å². The molecule has 0 radical (unpaired) electrons. The molecule has 0 aromatic heterocycles. The summed E-state index contributed by atoms with van der Waals surface area (Å²) in [6.45, 7) is 1.74. The van der Waals surface area contributed by atoms with Crippen molar-refractivity contribution in [1.82, 2.24) is 0 Å². The first-order chi connectivity index (χ1) is 6.16. The smallest absolute Gasteiger partial charge is 0.210 e.